The van der Waals surface area contributed by atoms with Gasteiger partial charge in [-0.25, -0.2) is 0 Å². The van der Waals surface area contributed by atoms with E-state index in [-0.39, 0.29) is 12.5 Å². The smallest absolute Gasteiger partial charge is 0.238 e. The maximum Gasteiger partial charge on any atom is 0.238 e. The van der Waals surface area contributed by atoms with E-state index >= 15 is 0 Å². The van der Waals surface area contributed by atoms with Gasteiger partial charge in [-0.05, 0) is 43.6 Å². The molecular weight excluding hydrogens is 336 g/mol. The Morgan fingerprint density at radius 2 is 1.92 bits per heavy atom. The van der Waals surface area contributed by atoms with Crippen molar-refractivity contribution >= 4 is 23.4 Å². The van der Waals surface area contributed by atoms with Gasteiger partial charge in [-0.3, -0.25) is 9.69 Å². The van der Waals surface area contributed by atoms with Crippen LogP contribution in [0.5, 0.6) is 11.5 Å². The fraction of sp³-hybridized carbons (Fsp3) is 0.316. The van der Waals surface area contributed by atoms with Gasteiger partial charge in [-0.1, -0.05) is 12.1 Å². The van der Waals surface area contributed by atoms with Gasteiger partial charge < -0.3 is 14.8 Å². The van der Waals surface area contributed by atoms with Crippen LogP contribution in [0.25, 0.3) is 0 Å². The number of ether oxygens (including phenoxy) is 2. The molecule has 5 nitrogen and oxygen atoms in total. The molecule has 134 valence electrons. The Morgan fingerprint density at radius 1 is 1.16 bits per heavy atom. The third-order valence-electron chi connectivity index (χ3n) is 3.72. The van der Waals surface area contributed by atoms with E-state index in [4.69, 9.17) is 9.47 Å². The van der Waals surface area contributed by atoms with Crippen LogP contribution >= 0.6 is 11.8 Å². The van der Waals surface area contributed by atoms with E-state index in [9.17, 15) is 4.79 Å². The van der Waals surface area contributed by atoms with E-state index in [2.05, 4.69) is 5.32 Å². The molecular formula is C19H24N2O3S. The molecule has 0 aromatic heterocycles. The molecule has 2 aromatic rings. The summed E-state index contributed by atoms with van der Waals surface area (Å²) in [5.41, 5.74) is 1.81. The fourth-order valence-corrected chi connectivity index (χ4v) is 3.09. The molecule has 1 N–H and O–H groups in total. The van der Waals surface area contributed by atoms with Gasteiger partial charge in [0.2, 0.25) is 5.91 Å². The number of methoxy groups -OCH3 is 2. The van der Waals surface area contributed by atoms with Crippen LogP contribution in [0.3, 0.4) is 0 Å². The van der Waals surface area contributed by atoms with Gasteiger partial charge in [0.1, 0.15) is 11.5 Å². The maximum atomic E-state index is 12.3. The number of carbonyl (C=O) groups excluding carboxylic acids is 1. The first-order valence-corrected chi connectivity index (χ1v) is 9.12. The minimum atomic E-state index is -0.0501. The van der Waals surface area contributed by atoms with Crippen LogP contribution in [-0.2, 0) is 11.3 Å². The molecule has 0 saturated carbocycles. The molecule has 0 atom stereocenters. The van der Waals surface area contributed by atoms with E-state index in [1.165, 1.54) is 0 Å². The predicted molar refractivity (Wildman–Crippen MR) is 103 cm³/mol. The molecule has 0 bridgehead atoms. The van der Waals surface area contributed by atoms with Crippen molar-refractivity contribution in [3.63, 3.8) is 0 Å². The molecule has 0 spiro atoms. The number of para-hydroxylation sites is 1. The Kier molecular flexibility index (Phi) is 7.16. The number of hydrogen-bond acceptors (Lipinski definition) is 5. The molecule has 6 heteroatoms. The van der Waals surface area contributed by atoms with Gasteiger partial charge in [0, 0.05) is 17.0 Å². The monoisotopic (exact) mass is 360 g/mol. The number of anilines is 1. The Hall–Kier alpha value is -2.18. The highest BCUT2D eigenvalue weighted by Crippen LogP contribution is 2.26. The van der Waals surface area contributed by atoms with Crippen LogP contribution in [0.4, 0.5) is 5.69 Å². The van der Waals surface area contributed by atoms with E-state index in [0.717, 1.165) is 27.6 Å². The van der Waals surface area contributed by atoms with Crippen molar-refractivity contribution < 1.29 is 14.3 Å². The zero-order valence-electron chi connectivity index (χ0n) is 15.0. The SMILES string of the molecule is COc1ccc(OC)c(CN(C)CC(=O)Nc2ccccc2SC)c1. The van der Waals surface area contributed by atoms with Crippen LogP contribution in [0.15, 0.2) is 47.4 Å². The van der Waals surface area contributed by atoms with E-state index in [1.54, 1.807) is 26.0 Å². The number of likely N-dealkylation sites (N-methyl/N-ethyl adjacent to an activating group) is 1. The number of nitrogens with zero attached hydrogens (tertiary/aromatic N) is 1. The Morgan fingerprint density at radius 3 is 2.60 bits per heavy atom. The summed E-state index contributed by atoms with van der Waals surface area (Å²) in [4.78, 5) is 15.3. The minimum Gasteiger partial charge on any atom is -0.497 e. The third kappa shape index (κ3) is 5.41. The second-order valence-electron chi connectivity index (χ2n) is 5.60. The van der Waals surface area contributed by atoms with Crippen LogP contribution in [0, 0.1) is 0 Å². The molecule has 0 fully saturated rings. The second-order valence-corrected chi connectivity index (χ2v) is 6.45. The first kappa shape index (κ1) is 19.1. The highest BCUT2D eigenvalue weighted by Gasteiger charge is 2.12. The summed E-state index contributed by atoms with van der Waals surface area (Å²) in [7, 11) is 5.17. The van der Waals surface area contributed by atoms with Crippen molar-refractivity contribution in [2.45, 2.75) is 11.4 Å². The lowest BCUT2D eigenvalue weighted by Crippen LogP contribution is -2.30. The number of hydrogen-bond donors (Lipinski definition) is 1. The lowest BCUT2D eigenvalue weighted by Gasteiger charge is -2.19. The Bertz CT molecular complexity index is 722. The van der Waals surface area contributed by atoms with Crippen LogP contribution in [0.2, 0.25) is 0 Å². The van der Waals surface area contributed by atoms with Gasteiger partial charge in [-0.2, -0.15) is 0 Å². The van der Waals surface area contributed by atoms with Crippen molar-refractivity contribution in [1.29, 1.82) is 0 Å². The maximum absolute atomic E-state index is 12.3. The number of benzene rings is 2. The van der Waals surface area contributed by atoms with E-state index < -0.39 is 0 Å². The first-order valence-electron chi connectivity index (χ1n) is 7.89. The van der Waals surface area contributed by atoms with Crippen molar-refractivity contribution in [2.75, 3.05) is 39.4 Å². The van der Waals surface area contributed by atoms with Gasteiger partial charge in [0.25, 0.3) is 0 Å². The quantitative estimate of drug-likeness (QED) is 0.730. The summed E-state index contributed by atoms with van der Waals surface area (Å²) < 4.78 is 10.7. The lowest BCUT2D eigenvalue weighted by molar-refractivity contribution is -0.117. The van der Waals surface area contributed by atoms with Crippen LogP contribution < -0.4 is 14.8 Å². The van der Waals surface area contributed by atoms with Crippen molar-refractivity contribution in [3.05, 3.63) is 48.0 Å². The average molecular weight is 360 g/mol. The largest absolute Gasteiger partial charge is 0.497 e. The molecule has 0 saturated heterocycles. The molecule has 25 heavy (non-hydrogen) atoms. The van der Waals surface area contributed by atoms with E-state index in [1.807, 2.05) is 60.7 Å². The minimum absolute atomic E-state index is 0.0501. The van der Waals surface area contributed by atoms with Gasteiger partial charge in [-0.15, -0.1) is 11.8 Å². The summed E-state index contributed by atoms with van der Waals surface area (Å²) in [6, 6.07) is 13.4. The summed E-state index contributed by atoms with van der Waals surface area (Å²) in [6.07, 6.45) is 1.99. The molecule has 0 unspecified atom stereocenters. The Balaban J connectivity index is 2.00. The van der Waals surface area contributed by atoms with E-state index in [0.29, 0.717) is 6.54 Å². The van der Waals surface area contributed by atoms with Crippen molar-refractivity contribution in [2.24, 2.45) is 0 Å². The van der Waals surface area contributed by atoms with Gasteiger partial charge in [0.15, 0.2) is 0 Å². The lowest BCUT2D eigenvalue weighted by atomic mass is 10.1. The molecule has 2 aromatic carbocycles. The standard InChI is InChI=1S/C19H24N2O3S/c1-21(12-14-11-15(23-2)9-10-17(14)24-3)13-19(22)20-16-7-5-6-8-18(16)25-4/h5-11H,12-13H2,1-4H3,(H,20,22). The molecule has 0 radical (unpaired) electrons. The highest BCUT2D eigenvalue weighted by atomic mass is 32.2. The average Bonchev–Trinajstić information content (AvgIpc) is 2.61. The normalized spacial score (nSPS) is 10.6. The van der Waals surface area contributed by atoms with Gasteiger partial charge >= 0.3 is 0 Å². The second kappa shape index (κ2) is 9.34. The summed E-state index contributed by atoms with van der Waals surface area (Å²) in [5.74, 6) is 1.49. The molecule has 0 aliphatic rings. The molecule has 0 heterocycles. The van der Waals surface area contributed by atoms with Crippen LogP contribution in [-0.4, -0.2) is 44.9 Å². The topological polar surface area (TPSA) is 50.8 Å². The summed E-state index contributed by atoms with van der Waals surface area (Å²) >= 11 is 1.61. The number of rotatable bonds is 8. The highest BCUT2D eigenvalue weighted by molar-refractivity contribution is 7.98. The molecule has 0 aliphatic carbocycles. The van der Waals surface area contributed by atoms with Crippen LogP contribution in [0.1, 0.15) is 5.56 Å². The van der Waals surface area contributed by atoms with Crippen molar-refractivity contribution in [1.82, 2.24) is 4.90 Å². The van der Waals surface area contributed by atoms with Gasteiger partial charge in [0.05, 0.1) is 26.5 Å². The van der Waals surface area contributed by atoms with Crippen molar-refractivity contribution in [3.8, 4) is 11.5 Å². The zero-order chi connectivity index (χ0) is 18.2. The molecule has 1 amide bonds. The Labute approximate surface area is 153 Å². The zero-order valence-corrected chi connectivity index (χ0v) is 15.9. The molecule has 2 rings (SSSR count). The number of amides is 1. The first-order chi connectivity index (χ1) is 12.1. The summed E-state index contributed by atoms with van der Waals surface area (Å²) in [6.45, 7) is 0.862. The third-order valence-corrected chi connectivity index (χ3v) is 4.52. The number of thioether (sulfide) groups is 1. The predicted octanol–water partition coefficient (Wildman–Crippen LogP) is 3.50. The number of carbonyl (C=O) groups is 1. The molecule has 0 aliphatic heterocycles. The fourth-order valence-electron chi connectivity index (χ4n) is 2.53. The number of nitrogens with one attached hydrogen (secondary N) is 1. The summed E-state index contributed by atoms with van der Waals surface area (Å²) in [5, 5.41) is 2.97.